The number of aryl methyl sites for hydroxylation is 2. The van der Waals surface area contributed by atoms with Gasteiger partial charge >= 0.3 is 0 Å². The zero-order chi connectivity index (χ0) is 14.0. The highest BCUT2D eigenvalue weighted by Gasteiger charge is 2.19. The lowest BCUT2D eigenvalue weighted by molar-refractivity contribution is 0.383. The Morgan fingerprint density at radius 2 is 1.63 bits per heavy atom. The summed E-state index contributed by atoms with van der Waals surface area (Å²) in [5, 5.41) is 0. The molecular formula is C16H18FNO. The molecule has 0 radical (unpaired) electrons. The largest absolute Gasteiger partial charge is 0.494 e. The molecule has 3 heteroatoms. The maximum Gasteiger partial charge on any atom is 0.170 e. The van der Waals surface area contributed by atoms with Crippen LogP contribution in [0.1, 0.15) is 28.3 Å². The van der Waals surface area contributed by atoms with Gasteiger partial charge in [-0.25, -0.2) is 4.39 Å². The molecule has 0 saturated carbocycles. The molecule has 0 aromatic heterocycles. The maximum atomic E-state index is 14.3. The van der Waals surface area contributed by atoms with E-state index < -0.39 is 6.04 Å². The molecule has 0 saturated heterocycles. The second-order valence-electron chi connectivity index (χ2n) is 4.65. The van der Waals surface area contributed by atoms with Gasteiger partial charge in [0.05, 0.1) is 13.2 Å². The first-order valence-corrected chi connectivity index (χ1v) is 6.20. The van der Waals surface area contributed by atoms with Crippen molar-refractivity contribution in [3.63, 3.8) is 0 Å². The Bertz CT molecular complexity index is 575. The number of hydrogen-bond acceptors (Lipinski definition) is 2. The molecule has 2 nitrogen and oxygen atoms in total. The van der Waals surface area contributed by atoms with Crippen LogP contribution in [0, 0.1) is 19.7 Å². The highest BCUT2D eigenvalue weighted by atomic mass is 19.1. The minimum Gasteiger partial charge on any atom is -0.494 e. The Balaban J connectivity index is 2.53. The Hall–Kier alpha value is -1.87. The summed E-state index contributed by atoms with van der Waals surface area (Å²) in [6, 6.07) is 10.5. The quantitative estimate of drug-likeness (QED) is 0.915. The van der Waals surface area contributed by atoms with Gasteiger partial charge in [-0.05, 0) is 36.6 Å². The van der Waals surface area contributed by atoms with E-state index in [2.05, 4.69) is 0 Å². The molecule has 2 aromatic carbocycles. The molecule has 1 unspecified atom stereocenters. The van der Waals surface area contributed by atoms with Crippen LogP contribution in [-0.2, 0) is 0 Å². The summed E-state index contributed by atoms with van der Waals surface area (Å²) >= 11 is 0. The van der Waals surface area contributed by atoms with E-state index in [1.54, 1.807) is 18.2 Å². The van der Waals surface area contributed by atoms with Crippen LogP contribution in [0.15, 0.2) is 36.4 Å². The van der Waals surface area contributed by atoms with Gasteiger partial charge in [-0.2, -0.15) is 0 Å². The summed E-state index contributed by atoms with van der Waals surface area (Å²) in [6.07, 6.45) is 0. The lowest BCUT2D eigenvalue weighted by Gasteiger charge is -2.19. The molecule has 0 bridgehead atoms. The van der Waals surface area contributed by atoms with Crippen molar-refractivity contribution in [1.82, 2.24) is 0 Å². The fourth-order valence-corrected chi connectivity index (χ4v) is 2.40. The average Bonchev–Trinajstić information content (AvgIpc) is 2.38. The third-order valence-corrected chi connectivity index (χ3v) is 3.40. The lowest BCUT2D eigenvalue weighted by atomic mass is 9.91. The first-order chi connectivity index (χ1) is 9.06. The number of methoxy groups -OCH3 is 1. The second kappa shape index (κ2) is 5.41. The van der Waals surface area contributed by atoms with Gasteiger partial charge in [-0.1, -0.05) is 30.3 Å². The Morgan fingerprint density at radius 3 is 2.21 bits per heavy atom. The number of hydrogen-bond donors (Lipinski definition) is 1. The van der Waals surface area contributed by atoms with Crippen LogP contribution in [0.3, 0.4) is 0 Å². The predicted octanol–water partition coefficient (Wildman–Crippen LogP) is 3.50. The van der Waals surface area contributed by atoms with Crippen LogP contribution in [0.4, 0.5) is 4.39 Å². The molecule has 2 aromatic rings. The molecule has 1 atom stereocenters. The normalized spacial score (nSPS) is 12.3. The Labute approximate surface area is 113 Å². The van der Waals surface area contributed by atoms with Crippen molar-refractivity contribution in [3.8, 4) is 5.75 Å². The zero-order valence-electron chi connectivity index (χ0n) is 11.4. The van der Waals surface area contributed by atoms with E-state index in [9.17, 15) is 4.39 Å². The van der Waals surface area contributed by atoms with Crippen molar-refractivity contribution in [2.75, 3.05) is 7.11 Å². The highest BCUT2D eigenvalue weighted by Crippen LogP contribution is 2.30. The summed E-state index contributed by atoms with van der Waals surface area (Å²) in [7, 11) is 1.45. The summed E-state index contributed by atoms with van der Waals surface area (Å²) in [4.78, 5) is 0. The van der Waals surface area contributed by atoms with Crippen LogP contribution in [0.25, 0.3) is 0 Å². The van der Waals surface area contributed by atoms with Crippen LogP contribution in [-0.4, -0.2) is 7.11 Å². The van der Waals surface area contributed by atoms with Gasteiger partial charge < -0.3 is 10.5 Å². The van der Waals surface area contributed by atoms with Crippen molar-refractivity contribution < 1.29 is 9.13 Å². The van der Waals surface area contributed by atoms with E-state index in [-0.39, 0.29) is 11.6 Å². The van der Waals surface area contributed by atoms with Crippen LogP contribution < -0.4 is 10.5 Å². The minimum absolute atomic E-state index is 0.221. The fourth-order valence-electron chi connectivity index (χ4n) is 2.40. The smallest absolute Gasteiger partial charge is 0.170 e. The van der Waals surface area contributed by atoms with Gasteiger partial charge in [0.1, 0.15) is 0 Å². The van der Waals surface area contributed by atoms with Gasteiger partial charge in [0, 0.05) is 5.56 Å². The average molecular weight is 259 g/mol. The van der Waals surface area contributed by atoms with Gasteiger partial charge in [-0.15, -0.1) is 0 Å². The van der Waals surface area contributed by atoms with Crippen LogP contribution in [0.2, 0.25) is 0 Å². The number of rotatable bonds is 3. The molecule has 0 aliphatic heterocycles. The first-order valence-electron chi connectivity index (χ1n) is 6.20. The predicted molar refractivity (Wildman–Crippen MR) is 74.9 cm³/mol. The standard InChI is InChI=1S/C16H18FNO/c1-10-6-4-7-11(2)14(10)16(18)12-8-5-9-13(19-3)15(12)17/h4-9,16H,18H2,1-3H3. The molecular weight excluding hydrogens is 241 g/mol. The van der Waals surface area contributed by atoms with Gasteiger partial charge in [0.2, 0.25) is 0 Å². The third-order valence-electron chi connectivity index (χ3n) is 3.40. The van der Waals surface area contributed by atoms with Crippen molar-refractivity contribution in [3.05, 3.63) is 64.5 Å². The number of halogens is 1. The Morgan fingerprint density at radius 1 is 1.05 bits per heavy atom. The van der Waals surface area contributed by atoms with Gasteiger partial charge in [0.15, 0.2) is 11.6 Å². The second-order valence-corrected chi connectivity index (χ2v) is 4.65. The molecule has 2 N–H and O–H groups in total. The van der Waals surface area contributed by atoms with Crippen molar-refractivity contribution in [2.24, 2.45) is 5.73 Å². The van der Waals surface area contributed by atoms with E-state index in [4.69, 9.17) is 10.5 Å². The van der Waals surface area contributed by atoms with E-state index >= 15 is 0 Å². The first kappa shape index (κ1) is 13.6. The third kappa shape index (κ3) is 2.47. The number of benzene rings is 2. The number of ether oxygens (including phenoxy) is 1. The SMILES string of the molecule is COc1cccc(C(N)c2c(C)cccc2C)c1F. The van der Waals surface area contributed by atoms with Gasteiger partial charge in [-0.3, -0.25) is 0 Å². The molecule has 0 aliphatic carbocycles. The minimum atomic E-state index is -0.490. The summed E-state index contributed by atoms with van der Waals surface area (Å²) in [6.45, 7) is 3.97. The highest BCUT2D eigenvalue weighted by molar-refractivity contribution is 5.44. The van der Waals surface area contributed by atoms with E-state index in [1.807, 2.05) is 32.0 Å². The summed E-state index contributed by atoms with van der Waals surface area (Å²) in [5.74, 6) is -0.167. The lowest BCUT2D eigenvalue weighted by Crippen LogP contribution is -2.16. The monoisotopic (exact) mass is 259 g/mol. The molecule has 0 amide bonds. The van der Waals surface area contributed by atoms with Crippen molar-refractivity contribution in [2.45, 2.75) is 19.9 Å². The summed E-state index contributed by atoms with van der Waals surface area (Å²) in [5.41, 5.74) is 9.80. The van der Waals surface area contributed by atoms with Crippen molar-refractivity contribution in [1.29, 1.82) is 0 Å². The molecule has 0 aliphatic rings. The van der Waals surface area contributed by atoms with E-state index in [0.717, 1.165) is 16.7 Å². The fraction of sp³-hybridized carbons (Fsp3) is 0.250. The Kier molecular flexibility index (Phi) is 3.86. The van der Waals surface area contributed by atoms with Crippen LogP contribution >= 0.6 is 0 Å². The summed E-state index contributed by atoms with van der Waals surface area (Å²) < 4.78 is 19.3. The molecule has 100 valence electrons. The van der Waals surface area contributed by atoms with E-state index in [0.29, 0.717) is 5.56 Å². The number of nitrogens with two attached hydrogens (primary N) is 1. The zero-order valence-corrected chi connectivity index (χ0v) is 11.4. The molecule has 19 heavy (non-hydrogen) atoms. The maximum absolute atomic E-state index is 14.3. The van der Waals surface area contributed by atoms with Gasteiger partial charge in [0.25, 0.3) is 0 Å². The molecule has 0 spiro atoms. The van der Waals surface area contributed by atoms with E-state index in [1.165, 1.54) is 7.11 Å². The van der Waals surface area contributed by atoms with Crippen LogP contribution in [0.5, 0.6) is 5.75 Å². The molecule has 0 heterocycles. The van der Waals surface area contributed by atoms with Crippen molar-refractivity contribution >= 4 is 0 Å². The molecule has 2 rings (SSSR count). The molecule has 0 fully saturated rings. The topological polar surface area (TPSA) is 35.2 Å².